The molecule has 168 valence electrons. The zero-order valence-corrected chi connectivity index (χ0v) is 18.9. The number of fused-ring (bicyclic) bond motifs is 1. The van der Waals surface area contributed by atoms with Crippen molar-refractivity contribution in [3.05, 3.63) is 90.3 Å². The van der Waals surface area contributed by atoms with Gasteiger partial charge in [-0.3, -0.25) is 4.98 Å². The molecule has 0 spiro atoms. The molecule has 6 heteroatoms. The van der Waals surface area contributed by atoms with Gasteiger partial charge in [-0.25, -0.2) is 9.37 Å². The molecule has 0 unspecified atom stereocenters. The van der Waals surface area contributed by atoms with Crippen LogP contribution < -0.4 is 4.74 Å². The summed E-state index contributed by atoms with van der Waals surface area (Å²) in [5.74, 6) is 1.72. The highest BCUT2D eigenvalue weighted by Gasteiger charge is 2.30. The molecule has 33 heavy (non-hydrogen) atoms. The van der Waals surface area contributed by atoms with Gasteiger partial charge in [-0.2, -0.15) is 0 Å². The molecule has 0 radical (unpaired) electrons. The van der Waals surface area contributed by atoms with E-state index < -0.39 is 0 Å². The van der Waals surface area contributed by atoms with Crippen LogP contribution in [0.4, 0.5) is 4.39 Å². The minimum atomic E-state index is -0.243. The topological polar surface area (TPSA) is 43.2 Å². The van der Waals surface area contributed by atoms with Crippen molar-refractivity contribution in [3.63, 3.8) is 0 Å². The predicted molar refractivity (Wildman–Crippen MR) is 128 cm³/mol. The first-order valence-corrected chi connectivity index (χ1v) is 11.2. The van der Waals surface area contributed by atoms with Gasteiger partial charge in [0.05, 0.1) is 18.5 Å². The van der Waals surface area contributed by atoms with Crippen molar-refractivity contribution >= 4 is 0 Å². The van der Waals surface area contributed by atoms with Crippen LogP contribution in [-0.2, 0) is 13.0 Å². The fourth-order valence-electron chi connectivity index (χ4n) is 4.75. The third-order valence-corrected chi connectivity index (χ3v) is 6.23. The first-order chi connectivity index (χ1) is 16.1. The van der Waals surface area contributed by atoms with Crippen molar-refractivity contribution in [3.8, 4) is 28.3 Å². The van der Waals surface area contributed by atoms with Crippen LogP contribution in [0.1, 0.15) is 23.9 Å². The van der Waals surface area contributed by atoms with E-state index in [9.17, 15) is 4.39 Å². The van der Waals surface area contributed by atoms with Gasteiger partial charge in [0.15, 0.2) is 0 Å². The highest BCUT2D eigenvalue weighted by molar-refractivity contribution is 5.79. The van der Waals surface area contributed by atoms with E-state index in [2.05, 4.69) is 33.6 Å². The average molecular weight is 443 g/mol. The summed E-state index contributed by atoms with van der Waals surface area (Å²) in [6.07, 6.45) is 5.59. The molecule has 4 aromatic rings. The molecule has 2 aromatic heterocycles. The van der Waals surface area contributed by atoms with Gasteiger partial charge in [0.2, 0.25) is 0 Å². The van der Waals surface area contributed by atoms with Gasteiger partial charge in [0.25, 0.3) is 0 Å². The van der Waals surface area contributed by atoms with Crippen molar-refractivity contribution in [2.45, 2.75) is 25.4 Å². The average Bonchev–Trinajstić information content (AvgIpc) is 3.40. The zero-order valence-electron chi connectivity index (χ0n) is 18.9. The van der Waals surface area contributed by atoms with Crippen LogP contribution in [0.25, 0.3) is 22.5 Å². The lowest BCUT2D eigenvalue weighted by molar-refractivity contribution is 0.273. The Morgan fingerprint density at radius 1 is 1.06 bits per heavy atom. The second kappa shape index (κ2) is 9.16. The van der Waals surface area contributed by atoms with E-state index in [1.165, 1.54) is 17.7 Å². The number of benzene rings is 2. The van der Waals surface area contributed by atoms with Crippen LogP contribution in [0.5, 0.6) is 5.75 Å². The minimum Gasteiger partial charge on any atom is -0.497 e. The standard InChI is InChI=1S/C27H27FN4O/c1-31(17-19-4-3-5-24(16-19)33-2)18-23-10-11-25-30-26(20-6-8-22(28)9-7-20)27(32(23)25)21-12-14-29-15-13-21/h3-9,12-16,23H,10-11,17-18H2,1-2H3/t23-/m0/s1. The van der Waals surface area contributed by atoms with Crippen LogP contribution in [-0.4, -0.2) is 40.1 Å². The Bertz CT molecular complexity index is 1240. The third kappa shape index (κ3) is 4.39. The monoisotopic (exact) mass is 442 g/mol. The van der Waals surface area contributed by atoms with Crippen molar-refractivity contribution in [2.75, 3.05) is 20.7 Å². The van der Waals surface area contributed by atoms with Gasteiger partial charge in [0.1, 0.15) is 17.4 Å². The number of aromatic nitrogens is 3. The molecule has 0 saturated carbocycles. The van der Waals surface area contributed by atoms with Crippen LogP contribution in [0, 0.1) is 5.82 Å². The van der Waals surface area contributed by atoms with Crippen LogP contribution >= 0.6 is 0 Å². The fourth-order valence-corrected chi connectivity index (χ4v) is 4.75. The van der Waals surface area contributed by atoms with Crippen LogP contribution in [0.3, 0.4) is 0 Å². The number of pyridine rings is 1. The number of rotatable bonds is 7. The summed E-state index contributed by atoms with van der Waals surface area (Å²) >= 11 is 0. The molecular weight excluding hydrogens is 415 g/mol. The molecule has 5 rings (SSSR count). The van der Waals surface area contributed by atoms with Crippen molar-refractivity contribution < 1.29 is 9.13 Å². The Morgan fingerprint density at radius 2 is 1.85 bits per heavy atom. The number of halogens is 1. The molecule has 0 N–H and O–H groups in total. The number of hydrogen-bond donors (Lipinski definition) is 0. The molecule has 2 aromatic carbocycles. The van der Waals surface area contributed by atoms with E-state index in [4.69, 9.17) is 9.72 Å². The maximum Gasteiger partial charge on any atom is 0.123 e. The molecule has 0 saturated heterocycles. The fraction of sp³-hybridized carbons (Fsp3) is 0.259. The van der Waals surface area contributed by atoms with Gasteiger partial charge in [-0.15, -0.1) is 0 Å². The summed E-state index contributed by atoms with van der Waals surface area (Å²) < 4.78 is 21.3. The Morgan fingerprint density at radius 3 is 2.61 bits per heavy atom. The maximum atomic E-state index is 13.6. The molecule has 0 bridgehead atoms. The molecule has 1 atom stereocenters. The molecule has 0 amide bonds. The molecule has 1 aliphatic heterocycles. The summed E-state index contributed by atoms with van der Waals surface area (Å²) in [5.41, 5.74) is 5.20. The Balaban J connectivity index is 1.47. The highest BCUT2D eigenvalue weighted by Crippen LogP contribution is 2.39. The predicted octanol–water partition coefficient (Wildman–Crippen LogP) is 5.38. The smallest absolute Gasteiger partial charge is 0.123 e. The van der Waals surface area contributed by atoms with Gasteiger partial charge in [-0.1, -0.05) is 12.1 Å². The molecule has 3 heterocycles. The normalized spacial score (nSPS) is 15.1. The largest absolute Gasteiger partial charge is 0.497 e. The van der Waals surface area contributed by atoms with E-state index in [0.717, 1.165) is 60.0 Å². The van der Waals surface area contributed by atoms with Crippen molar-refractivity contribution in [1.82, 2.24) is 19.4 Å². The maximum absolute atomic E-state index is 13.6. The van der Waals surface area contributed by atoms with E-state index in [0.29, 0.717) is 6.04 Å². The zero-order chi connectivity index (χ0) is 22.8. The van der Waals surface area contributed by atoms with E-state index >= 15 is 0 Å². The summed E-state index contributed by atoms with van der Waals surface area (Å²) in [7, 11) is 3.85. The van der Waals surface area contributed by atoms with Gasteiger partial charge >= 0.3 is 0 Å². The van der Waals surface area contributed by atoms with Gasteiger partial charge < -0.3 is 14.2 Å². The third-order valence-electron chi connectivity index (χ3n) is 6.23. The van der Waals surface area contributed by atoms with E-state index in [-0.39, 0.29) is 5.82 Å². The lowest BCUT2D eigenvalue weighted by Gasteiger charge is -2.24. The molecule has 5 nitrogen and oxygen atoms in total. The summed E-state index contributed by atoms with van der Waals surface area (Å²) in [6, 6.07) is 19.2. The second-order valence-electron chi connectivity index (χ2n) is 8.58. The number of imidazole rings is 1. The Labute approximate surface area is 193 Å². The summed E-state index contributed by atoms with van der Waals surface area (Å²) in [4.78, 5) is 11.6. The minimum absolute atomic E-state index is 0.243. The second-order valence-corrected chi connectivity index (χ2v) is 8.58. The Hall–Kier alpha value is -3.51. The van der Waals surface area contributed by atoms with E-state index in [1.807, 2.05) is 48.8 Å². The number of methoxy groups -OCH3 is 1. The number of ether oxygens (including phenoxy) is 1. The molecular formula is C27H27FN4O. The van der Waals surface area contributed by atoms with Gasteiger partial charge in [0, 0.05) is 49.1 Å². The summed E-state index contributed by atoms with van der Waals surface area (Å²) in [5, 5.41) is 0. The molecule has 1 aliphatic rings. The van der Waals surface area contributed by atoms with E-state index in [1.54, 1.807) is 7.11 Å². The Kier molecular flexibility index (Phi) is 5.92. The van der Waals surface area contributed by atoms with Crippen molar-refractivity contribution in [1.29, 1.82) is 0 Å². The van der Waals surface area contributed by atoms with Crippen LogP contribution in [0.15, 0.2) is 73.1 Å². The SMILES string of the molecule is COc1cccc(CN(C)C[C@@H]2CCc3nc(-c4ccc(F)cc4)c(-c4ccncc4)n32)c1. The number of aryl methyl sites for hydroxylation is 1. The lowest BCUT2D eigenvalue weighted by atomic mass is 10.0. The molecule has 0 aliphatic carbocycles. The van der Waals surface area contributed by atoms with Crippen molar-refractivity contribution in [2.24, 2.45) is 0 Å². The van der Waals surface area contributed by atoms with Crippen LogP contribution in [0.2, 0.25) is 0 Å². The number of hydrogen-bond acceptors (Lipinski definition) is 4. The molecule has 0 fully saturated rings. The quantitative estimate of drug-likeness (QED) is 0.385. The van der Waals surface area contributed by atoms with Gasteiger partial charge in [-0.05, 0) is 67.6 Å². The number of likely N-dealkylation sites (N-methyl/N-ethyl adjacent to an activating group) is 1. The first-order valence-electron chi connectivity index (χ1n) is 11.2. The summed E-state index contributed by atoms with van der Waals surface area (Å²) in [6.45, 7) is 1.74. The lowest BCUT2D eigenvalue weighted by Crippen LogP contribution is -2.26. The first kappa shape index (κ1) is 21.3. The number of nitrogens with zero attached hydrogens (tertiary/aromatic N) is 4. The highest BCUT2D eigenvalue weighted by atomic mass is 19.1.